The van der Waals surface area contributed by atoms with Crippen LogP contribution in [-0.2, 0) is 13.1 Å². The van der Waals surface area contributed by atoms with E-state index in [0.717, 1.165) is 43.4 Å². The van der Waals surface area contributed by atoms with Gasteiger partial charge in [0.1, 0.15) is 18.0 Å². The van der Waals surface area contributed by atoms with E-state index in [1.165, 1.54) is 12.4 Å². The van der Waals surface area contributed by atoms with Crippen molar-refractivity contribution in [2.24, 2.45) is 5.84 Å². The van der Waals surface area contributed by atoms with Gasteiger partial charge in [0.25, 0.3) is 5.91 Å². The van der Waals surface area contributed by atoms with Crippen LogP contribution in [0.5, 0.6) is 0 Å². The third kappa shape index (κ3) is 5.22. The molecule has 0 aliphatic rings. The summed E-state index contributed by atoms with van der Waals surface area (Å²) < 4.78 is 26.7. The number of nitrogens with zero attached hydrogens (tertiary/aromatic N) is 4. The fourth-order valence-electron chi connectivity index (χ4n) is 3.81. The maximum absolute atomic E-state index is 13.5. The molecule has 1 amide bonds. The second kappa shape index (κ2) is 10.2. The Morgan fingerprint density at radius 2 is 1.86 bits per heavy atom. The number of nitrogens with one attached hydrogen (secondary N) is 1. The SMILES string of the molecule is Nc1ncnc2ccc(-c3ccc(CNc4ncccc4C(=O)N(N)Cc4ccc(F)c(F)c4)s3)cc12. The molecule has 8 nitrogen and oxygen atoms in total. The van der Waals surface area contributed by atoms with E-state index < -0.39 is 17.5 Å². The van der Waals surface area contributed by atoms with Gasteiger partial charge in [0.05, 0.1) is 24.2 Å². The number of benzene rings is 2. The van der Waals surface area contributed by atoms with Gasteiger partial charge < -0.3 is 11.1 Å². The number of hydrogen-bond donors (Lipinski definition) is 3. The number of pyridine rings is 1. The van der Waals surface area contributed by atoms with E-state index in [1.807, 2.05) is 30.3 Å². The molecule has 0 spiro atoms. The van der Waals surface area contributed by atoms with Crippen molar-refractivity contribution in [3.05, 3.63) is 101 Å². The molecular formula is C26H21F2N7OS. The predicted octanol–water partition coefficient (Wildman–Crippen LogP) is 4.74. The molecule has 0 unspecified atom stereocenters. The highest BCUT2D eigenvalue weighted by atomic mass is 32.1. The number of anilines is 2. The monoisotopic (exact) mass is 517 g/mol. The van der Waals surface area contributed by atoms with Crippen molar-refractivity contribution >= 4 is 39.8 Å². The summed E-state index contributed by atoms with van der Waals surface area (Å²) in [4.78, 5) is 27.6. The van der Waals surface area contributed by atoms with Crippen molar-refractivity contribution in [1.29, 1.82) is 0 Å². The molecule has 186 valence electrons. The van der Waals surface area contributed by atoms with Crippen molar-refractivity contribution in [2.75, 3.05) is 11.1 Å². The van der Waals surface area contributed by atoms with E-state index in [0.29, 0.717) is 23.7 Å². The van der Waals surface area contributed by atoms with Crippen LogP contribution in [0.4, 0.5) is 20.4 Å². The molecule has 0 aliphatic carbocycles. The van der Waals surface area contributed by atoms with Gasteiger partial charge in [0.15, 0.2) is 11.6 Å². The standard InChI is InChI=1S/C26H21F2N7OS/c27-20-6-3-15(10-21(20)28)13-35(30)26(36)18-2-1-9-31-25(18)32-12-17-5-8-23(37-17)16-4-7-22-19(11-16)24(29)34-14-33-22/h1-11,14H,12-13,30H2,(H,31,32)(H2,29,33,34). The second-order valence-corrected chi connectivity index (χ2v) is 9.36. The molecule has 0 aliphatic heterocycles. The zero-order chi connectivity index (χ0) is 25.9. The van der Waals surface area contributed by atoms with Gasteiger partial charge in [0, 0.05) is 21.3 Å². The summed E-state index contributed by atoms with van der Waals surface area (Å²) in [6.45, 7) is 0.328. The van der Waals surface area contributed by atoms with E-state index in [-0.39, 0.29) is 12.1 Å². The van der Waals surface area contributed by atoms with Crippen LogP contribution in [0, 0.1) is 11.6 Å². The number of rotatable bonds is 7. The van der Waals surface area contributed by atoms with Crippen molar-refractivity contribution < 1.29 is 13.6 Å². The van der Waals surface area contributed by atoms with Gasteiger partial charge in [-0.25, -0.2) is 29.6 Å². The number of nitrogen functional groups attached to an aromatic ring is 1. The third-order valence-electron chi connectivity index (χ3n) is 5.68. The van der Waals surface area contributed by atoms with E-state index in [2.05, 4.69) is 20.3 Å². The minimum absolute atomic E-state index is 0.0973. The van der Waals surface area contributed by atoms with Crippen molar-refractivity contribution in [1.82, 2.24) is 20.0 Å². The summed E-state index contributed by atoms with van der Waals surface area (Å²) in [5, 5.41) is 4.92. The van der Waals surface area contributed by atoms with Crippen molar-refractivity contribution in [3.8, 4) is 10.4 Å². The molecule has 5 aromatic rings. The lowest BCUT2D eigenvalue weighted by Crippen LogP contribution is -2.37. The number of nitrogens with two attached hydrogens (primary N) is 2. The highest BCUT2D eigenvalue weighted by molar-refractivity contribution is 7.15. The fraction of sp³-hybridized carbons (Fsp3) is 0.0769. The summed E-state index contributed by atoms with van der Waals surface area (Å²) >= 11 is 1.59. The van der Waals surface area contributed by atoms with Gasteiger partial charge in [-0.2, -0.15) is 0 Å². The molecule has 2 aromatic carbocycles. The van der Waals surface area contributed by atoms with Crippen LogP contribution in [0.15, 0.2) is 73.2 Å². The van der Waals surface area contributed by atoms with Gasteiger partial charge in [-0.15, -0.1) is 11.3 Å². The Morgan fingerprint density at radius 1 is 1.00 bits per heavy atom. The lowest BCUT2D eigenvalue weighted by atomic mass is 10.1. The van der Waals surface area contributed by atoms with E-state index >= 15 is 0 Å². The number of amides is 1. The number of carbonyl (C=O) groups excluding carboxylic acids is 1. The number of halogens is 2. The lowest BCUT2D eigenvalue weighted by molar-refractivity contribution is 0.0743. The van der Waals surface area contributed by atoms with Crippen molar-refractivity contribution in [2.45, 2.75) is 13.1 Å². The number of carbonyl (C=O) groups is 1. The molecule has 11 heteroatoms. The molecule has 5 N–H and O–H groups in total. The van der Waals surface area contributed by atoms with Gasteiger partial charge >= 0.3 is 0 Å². The topological polar surface area (TPSA) is 123 Å². The highest BCUT2D eigenvalue weighted by Crippen LogP contribution is 2.31. The van der Waals surface area contributed by atoms with Gasteiger partial charge in [-0.05, 0) is 59.7 Å². The Labute approximate surface area is 214 Å². The second-order valence-electron chi connectivity index (χ2n) is 8.19. The Hall–Kier alpha value is -4.48. The van der Waals surface area contributed by atoms with Crippen LogP contribution >= 0.6 is 11.3 Å². The first-order valence-corrected chi connectivity index (χ1v) is 12.0. The number of thiophene rings is 1. The first-order valence-electron chi connectivity index (χ1n) is 11.2. The van der Waals surface area contributed by atoms with Crippen molar-refractivity contribution in [3.63, 3.8) is 0 Å². The summed E-state index contributed by atoms with van der Waals surface area (Å²) in [5.41, 5.74) is 8.39. The maximum atomic E-state index is 13.5. The van der Waals surface area contributed by atoms with Gasteiger partial charge in [-0.1, -0.05) is 12.1 Å². The molecule has 0 atom stereocenters. The highest BCUT2D eigenvalue weighted by Gasteiger charge is 2.18. The molecule has 0 radical (unpaired) electrons. The molecule has 0 fully saturated rings. The van der Waals surface area contributed by atoms with E-state index in [9.17, 15) is 13.6 Å². The Bertz CT molecular complexity index is 1610. The predicted molar refractivity (Wildman–Crippen MR) is 139 cm³/mol. The third-order valence-corrected chi connectivity index (χ3v) is 6.81. The minimum atomic E-state index is -1.00. The zero-order valence-electron chi connectivity index (χ0n) is 19.4. The number of fused-ring (bicyclic) bond motifs is 1. The van der Waals surface area contributed by atoms with Crippen LogP contribution in [0.25, 0.3) is 21.3 Å². The Kier molecular flexibility index (Phi) is 6.71. The average Bonchev–Trinajstić information content (AvgIpc) is 3.38. The normalized spacial score (nSPS) is 11.0. The molecule has 5 rings (SSSR count). The summed E-state index contributed by atoms with van der Waals surface area (Å²) in [6, 6.07) is 16.5. The molecule has 0 saturated carbocycles. The molecular weight excluding hydrogens is 496 g/mol. The summed E-state index contributed by atoms with van der Waals surface area (Å²) in [7, 11) is 0. The molecule has 0 bridgehead atoms. The summed E-state index contributed by atoms with van der Waals surface area (Å²) in [6.07, 6.45) is 3.01. The zero-order valence-corrected chi connectivity index (χ0v) is 20.2. The smallest absolute Gasteiger partial charge is 0.271 e. The maximum Gasteiger partial charge on any atom is 0.271 e. The molecule has 3 heterocycles. The quantitative estimate of drug-likeness (QED) is 0.162. The lowest BCUT2D eigenvalue weighted by Gasteiger charge is -2.18. The number of aromatic nitrogens is 3. The van der Waals surface area contributed by atoms with E-state index in [4.69, 9.17) is 11.6 Å². The van der Waals surface area contributed by atoms with Crippen LogP contribution in [0.1, 0.15) is 20.8 Å². The first-order chi connectivity index (χ1) is 17.9. The summed E-state index contributed by atoms with van der Waals surface area (Å²) in [5.74, 6) is 4.27. The minimum Gasteiger partial charge on any atom is -0.383 e. The molecule has 0 saturated heterocycles. The average molecular weight is 518 g/mol. The Balaban J connectivity index is 1.29. The van der Waals surface area contributed by atoms with Crippen LogP contribution in [-0.4, -0.2) is 25.9 Å². The number of hydrogen-bond acceptors (Lipinski definition) is 8. The molecule has 3 aromatic heterocycles. The van der Waals surface area contributed by atoms with Crippen LogP contribution in [0.3, 0.4) is 0 Å². The van der Waals surface area contributed by atoms with Crippen LogP contribution < -0.4 is 16.9 Å². The fourth-order valence-corrected chi connectivity index (χ4v) is 4.75. The number of hydrazine groups is 1. The molecule has 37 heavy (non-hydrogen) atoms. The largest absolute Gasteiger partial charge is 0.383 e. The first kappa shape index (κ1) is 24.2. The van der Waals surface area contributed by atoms with E-state index in [1.54, 1.807) is 29.7 Å². The van der Waals surface area contributed by atoms with Gasteiger partial charge in [0.2, 0.25) is 0 Å². The van der Waals surface area contributed by atoms with Gasteiger partial charge in [-0.3, -0.25) is 9.80 Å². The van der Waals surface area contributed by atoms with Crippen LogP contribution in [0.2, 0.25) is 0 Å². The Morgan fingerprint density at radius 3 is 2.70 bits per heavy atom.